The highest BCUT2D eigenvalue weighted by Gasteiger charge is 2.22. The Balaban J connectivity index is 2.07. The third kappa shape index (κ3) is 2.78. The van der Waals surface area contributed by atoms with E-state index in [0.29, 0.717) is 16.9 Å². The van der Waals surface area contributed by atoms with Gasteiger partial charge in [-0.1, -0.05) is 26.0 Å². The molecule has 0 aliphatic carbocycles. The number of hydrogen-bond acceptors (Lipinski definition) is 5. The smallest absolute Gasteiger partial charge is 0.240 e. The lowest BCUT2D eigenvalue weighted by atomic mass is 10.0. The molecule has 3 aromatic rings. The first-order chi connectivity index (χ1) is 11.5. The molecule has 0 spiro atoms. The molecule has 0 fully saturated rings. The molecule has 0 aliphatic rings. The Morgan fingerprint density at radius 1 is 1.29 bits per heavy atom. The van der Waals surface area contributed by atoms with Crippen molar-refractivity contribution in [3.63, 3.8) is 0 Å². The van der Waals surface area contributed by atoms with Crippen LogP contribution in [0.1, 0.15) is 13.8 Å². The summed E-state index contributed by atoms with van der Waals surface area (Å²) >= 11 is 0. The van der Waals surface area contributed by atoms with Gasteiger partial charge < -0.3 is 11.1 Å². The van der Waals surface area contributed by atoms with E-state index in [1.165, 1.54) is 23.3 Å². The summed E-state index contributed by atoms with van der Waals surface area (Å²) in [5.74, 6) is -0.472. The van der Waals surface area contributed by atoms with Crippen molar-refractivity contribution >= 4 is 22.8 Å². The van der Waals surface area contributed by atoms with Gasteiger partial charge in [0.15, 0.2) is 5.65 Å². The second-order valence-electron chi connectivity index (χ2n) is 5.74. The van der Waals surface area contributed by atoms with Crippen molar-refractivity contribution in [1.29, 1.82) is 0 Å². The van der Waals surface area contributed by atoms with Crippen LogP contribution in [0, 0.1) is 11.7 Å². The maximum atomic E-state index is 14.0. The molecule has 3 rings (SSSR count). The fraction of sp³-hybridized carbons (Fsp3) is 0.250. The van der Waals surface area contributed by atoms with Crippen molar-refractivity contribution in [1.82, 2.24) is 19.7 Å². The van der Waals surface area contributed by atoms with Crippen molar-refractivity contribution in [2.24, 2.45) is 11.7 Å². The van der Waals surface area contributed by atoms with E-state index >= 15 is 0 Å². The standard InChI is InChI=1S/C16H17FN6O/c1-9(2)13(14(18)24)22-15-10-7-21-23(16(10)20-8-19-15)12-6-4-3-5-11(12)17/h3-9,13H,1-2H3,(H2,18,24)(H,19,20,22)/t13-/m0/s1. The number of halogens is 1. The second kappa shape index (κ2) is 6.23. The summed E-state index contributed by atoms with van der Waals surface area (Å²) in [6.45, 7) is 3.76. The van der Waals surface area contributed by atoms with Gasteiger partial charge in [-0.2, -0.15) is 5.10 Å². The van der Waals surface area contributed by atoms with E-state index in [1.54, 1.807) is 18.2 Å². The molecule has 2 heterocycles. The first-order valence-corrected chi connectivity index (χ1v) is 7.48. The fourth-order valence-electron chi connectivity index (χ4n) is 2.47. The molecule has 3 N–H and O–H groups in total. The average molecular weight is 328 g/mol. The molecule has 0 aliphatic heterocycles. The highest BCUT2D eigenvalue weighted by Crippen LogP contribution is 2.24. The number of nitrogens with zero attached hydrogens (tertiary/aromatic N) is 4. The molecular formula is C16H17FN6O. The summed E-state index contributed by atoms with van der Waals surface area (Å²) in [6, 6.07) is 5.70. The van der Waals surface area contributed by atoms with Crippen LogP contribution in [-0.4, -0.2) is 31.7 Å². The van der Waals surface area contributed by atoms with Crippen LogP contribution in [0.15, 0.2) is 36.8 Å². The Labute approximate surface area is 137 Å². The van der Waals surface area contributed by atoms with E-state index in [9.17, 15) is 9.18 Å². The number of rotatable bonds is 5. The number of fused-ring (bicyclic) bond motifs is 1. The number of para-hydroxylation sites is 1. The molecule has 124 valence electrons. The molecular weight excluding hydrogens is 311 g/mol. The van der Waals surface area contributed by atoms with Crippen molar-refractivity contribution in [2.75, 3.05) is 5.32 Å². The van der Waals surface area contributed by atoms with E-state index in [2.05, 4.69) is 20.4 Å². The Morgan fingerprint density at radius 2 is 2.04 bits per heavy atom. The number of carbonyl (C=O) groups excluding carboxylic acids is 1. The van der Waals surface area contributed by atoms with E-state index in [1.807, 2.05) is 13.8 Å². The van der Waals surface area contributed by atoms with Crippen LogP contribution in [0.2, 0.25) is 0 Å². The van der Waals surface area contributed by atoms with Gasteiger partial charge in [-0.25, -0.2) is 19.0 Å². The van der Waals surface area contributed by atoms with Gasteiger partial charge in [0.25, 0.3) is 0 Å². The number of aromatic nitrogens is 4. The van der Waals surface area contributed by atoms with Gasteiger partial charge in [-0.15, -0.1) is 0 Å². The van der Waals surface area contributed by atoms with Gasteiger partial charge in [0.1, 0.15) is 29.7 Å². The number of nitrogens with one attached hydrogen (secondary N) is 1. The summed E-state index contributed by atoms with van der Waals surface area (Å²) < 4.78 is 15.4. The van der Waals surface area contributed by atoms with E-state index in [-0.39, 0.29) is 11.6 Å². The summed E-state index contributed by atoms with van der Waals surface area (Å²) in [4.78, 5) is 19.9. The summed E-state index contributed by atoms with van der Waals surface area (Å²) in [7, 11) is 0. The van der Waals surface area contributed by atoms with Gasteiger partial charge in [0.05, 0.1) is 11.6 Å². The van der Waals surface area contributed by atoms with Crippen LogP contribution >= 0.6 is 0 Å². The first kappa shape index (κ1) is 15.9. The van der Waals surface area contributed by atoms with Gasteiger partial charge >= 0.3 is 0 Å². The number of primary amides is 1. The SMILES string of the molecule is CC(C)[C@H](Nc1ncnc2c1cnn2-c1ccccc1F)C(N)=O. The van der Waals surface area contributed by atoms with Crippen LogP contribution in [0.5, 0.6) is 0 Å². The molecule has 2 aromatic heterocycles. The monoisotopic (exact) mass is 328 g/mol. The Morgan fingerprint density at radius 3 is 2.71 bits per heavy atom. The van der Waals surface area contributed by atoms with E-state index in [0.717, 1.165) is 0 Å². The summed E-state index contributed by atoms with van der Waals surface area (Å²) in [5, 5.41) is 7.81. The van der Waals surface area contributed by atoms with E-state index < -0.39 is 17.8 Å². The number of nitrogens with two attached hydrogens (primary N) is 1. The molecule has 1 amide bonds. The van der Waals surface area contributed by atoms with Crippen molar-refractivity contribution in [3.05, 3.63) is 42.6 Å². The molecule has 1 aromatic carbocycles. The zero-order chi connectivity index (χ0) is 17.3. The zero-order valence-electron chi connectivity index (χ0n) is 13.3. The maximum absolute atomic E-state index is 14.0. The van der Waals surface area contributed by atoms with Crippen molar-refractivity contribution in [3.8, 4) is 5.69 Å². The first-order valence-electron chi connectivity index (χ1n) is 7.48. The van der Waals surface area contributed by atoms with Gasteiger partial charge in [-0.05, 0) is 18.1 Å². The number of anilines is 1. The van der Waals surface area contributed by atoms with Gasteiger partial charge in [-0.3, -0.25) is 4.79 Å². The van der Waals surface area contributed by atoms with Gasteiger partial charge in [0.2, 0.25) is 5.91 Å². The molecule has 1 atom stereocenters. The lowest BCUT2D eigenvalue weighted by Crippen LogP contribution is -2.39. The molecule has 8 heteroatoms. The number of amides is 1. The molecule has 0 saturated heterocycles. The summed E-state index contributed by atoms with van der Waals surface area (Å²) in [5.41, 5.74) is 6.15. The van der Waals surface area contributed by atoms with Crippen molar-refractivity contribution < 1.29 is 9.18 Å². The van der Waals surface area contributed by atoms with E-state index in [4.69, 9.17) is 5.73 Å². The van der Waals surface area contributed by atoms with Gasteiger partial charge in [0, 0.05) is 0 Å². The minimum atomic E-state index is -0.583. The normalized spacial score (nSPS) is 12.5. The maximum Gasteiger partial charge on any atom is 0.240 e. The second-order valence-corrected chi connectivity index (χ2v) is 5.74. The van der Waals surface area contributed by atoms with Crippen LogP contribution in [-0.2, 0) is 4.79 Å². The Hall–Kier alpha value is -3.03. The van der Waals surface area contributed by atoms with Crippen LogP contribution in [0.4, 0.5) is 10.2 Å². The average Bonchev–Trinajstić information content (AvgIpc) is 2.97. The fourth-order valence-corrected chi connectivity index (χ4v) is 2.47. The molecule has 0 radical (unpaired) electrons. The predicted molar refractivity (Wildman–Crippen MR) is 88.1 cm³/mol. The lowest BCUT2D eigenvalue weighted by molar-refractivity contribution is -0.119. The molecule has 24 heavy (non-hydrogen) atoms. The minimum Gasteiger partial charge on any atom is -0.368 e. The largest absolute Gasteiger partial charge is 0.368 e. The van der Waals surface area contributed by atoms with Crippen LogP contribution < -0.4 is 11.1 Å². The molecule has 7 nitrogen and oxygen atoms in total. The molecule has 0 saturated carbocycles. The minimum absolute atomic E-state index is 0.0193. The zero-order valence-corrected chi connectivity index (χ0v) is 13.3. The molecule has 0 unspecified atom stereocenters. The quantitative estimate of drug-likeness (QED) is 0.745. The van der Waals surface area contributed by atoms with Crippen molar-refractivity contribution in [2.45, 2.75) is 19.9 Å². The van der Waals surface area contributed by atoms with Crippen LogP contribution in [0.25, 0.3) is 16.7 Å². The predicted octanol–water partition coefficient (Wildman–Crippen LogP) is 1.88. The number of hydrogen-bond donors (Lipinski definition) is 2. The number of benzene rings is 1. The third-order valence-electron chi connectivity index (χ3n) is 3.71. The third-order valence-corrected chi connectivity index (χ3v) is 3.71. The number of carbonyl (C=O) groups is 1. The van der Waals surface area contributed by atoms with Crippen LogP contribution in [0.3, 0.4) is 0 Å². The lowest BCUT2D eigenvalue weighted by Gasteiger charge is -2.19. The topological polar surface area (TPSA) is 98.7 Å². The highest BCUT2D eigenvalue weighted by molar-refractivity contribution is 5.90. The highest BCUT2D eigenvalue weighted by atomic mass is 19.1. The summed E-state index contributed by atoms with van der Waals surface area (Å²) in [6.07, 6.45) is 2.87. The Bertz CT molecular complexity index is 891. The Kier molecular flexibility index (Phi) is 4.11. The molecule has 0 bridgehead atoms.